The molecule has 2 amide bonds. The molecule has 0 aliphatic carbocycles. The fourth-order valence-electron chi connectivity index (χ4n) is 2.47. The van der Waals surface area contributed by atoms with Crippen LogP contribution in [0, 0.1) is 11.8 Å². The summed E-state index contributed by atoms with van der Waals surface area (Å²) >= 11 is 0. The van der Waals surface area contributed by atoms with Gasteiger partial charge in [-0.05, 0) is 31.2 Å². The Bertz CT molecular complexity index is 740. The minimum atomic E-state index is -1.51. The van der Waals surface area contributed by atoms with Gasteiger partial charge in [-0.25, -0.2) is 10.3 Å². The Kier molecular flexibility index (Phi) is 7.00. The van der Waals surface area contributed by atoms with Crippen LogP contribution in [0.15, 0.2) is 24.3 Å². The Hall–Kier alpha value is -2.57. The molecule has 2 rings (SSSR count). The van der Waals surface area contributed by atoms with Gasteiger partial charge in [-0.15, -0.1) is 5.92 Å². The maximum atomic E-state index is 12.1. The summed E-state index contributed by atoms with van der Waals surface area (Å²) < 4.78 is 22.3. The third kappa shape index (κ3) is 4.97. The molecule has 3 atom stereocenters. The van der Waals surface area contributed by atoms with Crippen LogP contribution in [-0.2, 0) is 20.3 Å². The first-order chi connectivity index (χ1) is 12.5. The number of benzene rings is 1. The van der Waals surface area contributed by atoms with Crippen molar-refractivity contribution in [2.24, 2.45) is 0 Å². The Morgan fingerprint density at radius 2 is 2.19 bits per heavy atom. The molecule has 3 unspecified atom stereocenters. The van der Waals surface area contributed by atoms with Gasteiger partial charge in [0.25, 0.3) is 5.91 Å². The van der Waals surface area contributed by atoms with E-state index in [9.17, 15) is 13.8 Å². The van der Waals surface area contributed by atoms with Crippen molar-refractivity contribution in [2.75, 3.05) is 24.3 Å². The maximum absolute atomic E-state index is 12.1. The highest BCUT2D eigenvalue weighted by Gasteiger charge is 2.36. The third-order valence-corrected chi connectivity index (χ3v) is 5.00. The number of hydroxylamine groups is 1. The number of amides is 2. The molecule has 1 aromatic rings. The molecule has 0 spiro atoms. The van der Waals surface area contributed by atoms with E-state index in [1.54, 1.807) is 31.2 Å². The van der Waals surface area contributed by atoms with E-state index in [1.165, 1.54) is 16.6 Å². The van der Waals surface area contributed by atoms with Gasteiger partial charge in [0.2, 0.25) is 0 Å². The van der Waals surface area contributed by atoms with E-state index in [0.717, 1.165) is 0 Å². The van der Waals surface area contributed by atoms with Crippen molar-refractivity contribution in [3.05, 3.63) is 24.3 Å². The van der Waals surface area contributed by atoms with Crippen molar-refractivity contribution in [1.82, 2.24) is 5.48 Å². The van der Waals surface area contributed by atoms with Crippen LogP contribution in [0.1, 0.15) is 13.3 Å². The van der Waals surface area contributed by atoms with Crippen LogP contribution in [0.5, 0.6) is 5.75 Å². The zero-order chi connectivity index (χ0) is 19.1. The standard InChI is InChI=1S/C17H20N2O6S/c1-3-4-9-24-13-7-5-12(6-8-13)19-11-14(25-17(19)21)10-15(26(2)23)16(20)18-22/h5-8,14-15,22H,9-11H2,1-2H3,(H,18,20). The topological polar surface area (TPSA) is 105 Å². The molecule has 0 bridgehead atoms. The first-order valence-corrected chi connectivity index (χ1v) is 9.45. The van der Waals surface area contributed by atoms with Gasteiger partial charge in [-0.3, -0.25) is 19.1 Å². The van der Waals surface area contributed by atoms with Gasteiger partial charge in [-0.1, -0.05) is 5.92 Å². The van der Waals surface area contributed by atoms with Gasteiger partial charge in [0.15, 0.2) is 0 Å². The molecule has 9 heteroatoms. The van der Waals surface area contributed by atoms with E-state index < -0.39 is 34.2 Å². The van der Waals surface area contributed by atoms with Crippen LogP contribution >= 0.6 is 0 Å². The molecular formula is C17H20N2O6S. The van der Waals surface area contributed by atoms with E-state index >= 15 is 0 Å². The number of rotatable bonds is 7. The Morgan fingerprint density at radius 3 is 2.77 bits per heavy atom. The molecule has 1 fully saturated rings. The Labute approximate surface area is 153 Å². The van der Waals surface area contributed by atoms with Crippen molar-refractivity contribution in [3.8, 4) is 17.6 Å². The number of hydrogen-bond acceptors (Lipinski definition) is 6. The van der Waals surface area contributed by atoms with E-state index in [4.69, 9.17) is 14.7 Å². The summed E-state index contributed by atoms with van der Waals surface area (Å²) in [6.45, 7) is 2.23. The number of ether oxygens (including phenoxy) is 2. The second kappa shape index (κ2) is 9.22. The predicted molar refractivity (Wildman–Crippen MR) is 95.4 cm³/mol. The molecule has 0 aromatic heterocycles. The lowest BCUT2D eigenvalue weighted by molar-refractivity contribution is -0.129. The number of nitrogens with zero attached hydrogens (tertiary/aromatic N) is 1. The number of hydrogen-bond donors (Lipinski definition) is 2. The number of carbonyl (C=O) groups is 2. The highest BCUT2D eigenvalue weighted by molar-refractivity contribution is 7.85. The summed E-state index contributed by atoms with van der Waals surface area (Å²) in [4.78, 5) is 25.1. The Balaban J connectivity index is 2.01. The molecule has 2 N–H and O–H groups in total. The van der Waals surface area contributed by atoms with Gasteiger partial charge in [0, 0.05) is 29.2 Å². The van der Waals surface area contributed by atoms with Crippen molar-refractivity contribution >= 4 is 28.5 Å². The molecule has 1 saturated heterocycles. The van der Waals surface area contributed by atoms with Crippen LogP contribution in [0.3, 0.4) is 0 Å². The zero-order valence-electron chi connectivity index (χ0n) is 14.4. The minimum absolute atomic E-state index is 0.0502. The highest BCUT2D eigenvalue weighted by atomic mass is 32.2. The number of anilines is 1. The first-order valence-electron chi connectivity index (χ1n) is 7.83. The lowest BCUT2D eigenvalue weighted by Crippen LogP contribution is -2.38. The van der Waals surface area contributed by atoms with Crippen molar-refractivity contribution in [1.29, 1.82) is 0 Å². The summed E-state index contributed by atoms with van der Waals surface area (Å²) in [5.41, 5.74) is 2.11. The van der Waals surface area contributed by atoms with Crippen molar-refractivity contribution < 1.29 is 28.5 Å². The van der Waals surface area contributed by atoms with Crippen LogP contribution < -0.4 is 15.1 Å². The average molecular weight is 380 g/mol. The fraction of sp³-hybridized carbons (Fsp3) is 0.412. The quantitative estimate of drug-likeness (QED) is 0.416. The molecular weight excluding hydrogens is 360 g/mol. The molecule has 0 radical (unpaired) electrons. The second-order valence-corrected chi connectivity index (χ2v) is 7.09. The summed E-state index contributed by atoms with van der Waals surface area (Å²) in [5, 5.41) is 7.78. The fourth-order valence-corrected chi connectivity index (χ4v) is 3.31. The summed E-state index contributed by atoms with van der Waals surface area (Å²) in [7, 11) is -1.51. The molecule has 1 aromatic carbocycles. The minimum Gasteiger partial charge on any atom is -0.481 e. The summed E-state index contributed by atoms with van der Waals surface area (Å²) in [6.07, 6.45) is 0.250. The van der Waals surface area contributed by atoms with E-state index in [0.29, 0.717) is 11.4 Å². The zero-order valence-corrected chi connectivity index (χ0v) is 15.2. The van der Waals surface area contributed by atoms with Gasteiger partial charge < -0.3 is 9.47 Å². The second-order valence-electron chi connectivity index (χ2n) is 5.52. The smallest absolute Gasteiger partial charge is 0.414 e. The SMILES string of the molecule is CC#CCOc1ccc(N2CC(CC(C(=O)NO)S(C)=O)OC2=O)cc1. The number of carbonyl (C=O) groups excluding carboxylic acids is 2. The largest absolute Gasteiger partial charge is 0.481 e. The molecule has 0 saturated carbocycles. The first kappa shape index (κ1) is 19.8. The summed E-state index contributed by atoms with van der Waals surface area (Å²) in [6, 6.07) is 6.87. The Morgan fingerprint density at radius 1 is 1.50 bits per heavy atom. The predicted octanol–water partition coefficient (Wildman–Crippen LogP) is 1.06. The number of nitrogens with one attached hydrogen (secondary N) is 1. The average Bonchev–Trinajstić information content (AvgIpc) is 3.00. The third-order valence-electron chi connectivity index (χ3n) is 3.79. The molecule has 26 heavy (non-hydrogen) atoms. The van der Waals surface area contributed by atoms with Crippen molar-refractivity contribution in [2.45, 2.75) is 24.7 Å². The van der Waals surface area contributed by atoms with Crippen LogP contribution in [0.25, 0.3) is 0 Å². The lowest BCUT2D eigenvalue weighted by Gasteiger charge is -2.16. The van der Waals surface area contributed by atoms with E-state index in [-0.39, 0.29) is 19.6 Å². The van der Waals surface area contributed by atoms with E-state index in [2.05, 4.69) is 11.8 Å². The molecule has 140 valence electrons. The number of cyclic esters (lactones) is 1. The van der Waals surface area contributed by atoms with Crippen LogP contribution in [0.4, 0.5) is 10.5 Å². The monoisotopic (exact) mass is 380 g/mol. The lowest BCUT2D eigenvalue weighted by atomic mass is 10.1. The normalized spacial score (nSPS) is 18.3. The van der Waals surface area contributed by atoms with Gasteiger partial charge in [-0.2, -0.15) is 0 Å². The van der Waals surface area contributed by atoms with Gasteiger partial charge >= 0.3 is 6.09 Å². The van der Waals surface area contributed by atoms with Crippen molar-refractivity contribution in [3.63, 3.8) is 0 Å². The van der Waals surface area contributed by atoms with Gasteiger partial charge in [0.1, 0.15) is 23.7 Å². The summed E-state index contributed by atoms with van der Waals surface area (Å²) in [5.74, 6) is 5.38. The maximum Gasteiger partial charge on any atom is 0.414 e. The van der Waals surface area contributed by atoms with Crippen LogP contribution in [-0.4, -0.2) is 52.2 Å². The molecule has 1 aliphatic rings. The van der Waals surface area contributed by atoms with Crippen LogP contribution in [0.2, 0.25) is 0 Å². The van der Waals surface area contributed by atoms with Gasteiger partial charge in [0.05, 0.1) is 6.54 Å². The molecule has 8 nitrogen and oxygen atoms in total. The van der Waals surface area contributed by atoms with E-state index in [1.807, 2.05) is 0 Å². The molecule has 1 aliphatic heterocycles. The molecule has 1 heterocycles. The highest BCUT2D eigenvalue weighted by Crippen LogP contribution is 2.26.